The zero-order valence-electron chi connectivity index (χ0n) is 22.6. The molecule has 2 aliphatic heterocycles. The molecule has 8 nitrogen and oxygen atoms in total. The van der Waals surface area contributed by atoms with Crippen LogP contribution in [0.15, 0.2) is 65.6 Å². The lowest BCUT2D eigenvalue weighted by atomic mass is 9.78. The summed E-state index contributed by atoms with van der Waals surface area (Å²) in [5, 5.41) is 3.91. The maximum Gasteiger partial charge on any atom is 0.278 e. The second-order valence-electron chi connectivity index (χ2n) is 11.2. The van der Waals surface area contributed by atoms with Crippen molar-refractivity contribution in [2.24, 2.45) is 0 Å². The number of anilines is 3. The lowest BCUT2D eigenvalue weighted by Crippen LogP contribution is -2.39. The molecule has 6 rings (SSSR count). The Hall–Kier alpha value is -3.91. The number of likely N-dealkylation sites (N-methyl/N-ethyl adjacent to an activating group) is 1. The normalized spacial score (nSPS) is 18.3. The number of hydrogen-bond acceptors (Lipinski definition) is 6. The fourth-order valence-corrected chi connectivity index (χ4v) is 5.94. The van der Waals surface area contributed by atoms with Gasteiger partial charge in [0.2, 0.25) is 5.95 Å². The zero-order chi connectivity index (χ0) is 26.4. The molecule has 0 atom stereocenters. The molecule has 2 aliphatic rings. The molecule has 1 N–H and O–H groups in total. The molecule has 0 unspecified atom stereocenters. The van der Waals surface area contributed by atoms with Crippen LogP contribution < -0.4 is 15.8 Å². The van der Waals surface area contributed by atoms with Gasteiger partial charge in [0, 0.05) is 49.7 Å². The molecule has 2 bridgehead atoms. The molecule has 0 saturated heterocycles. The quantitative estimate of drug-likeness (QED) is 0.390. The van der Waals surface area contributed by atoms with Crippen LogP contribution in [0.4, 0.5) is 17.3 Å². The summed E-state index contributed by atoms with van der Waals surface area (Å²) in [7, 11) is 4.27. The van der Waals surface area contributed by atoms with Gasteiger partial charge in [0.1, 0.15) is 5.39 Å². The van der Waals surface area contributed by atoms with Gasteiger partial charge in [-0.15, -0.1) is 0 Å². The summed E-state index contributed by atoms with van der Waals surface area (Å²) in [6, 6.07) is 14.8. The van der Waals surface area contributed by atoms with Gasteiger partial charge in [-0.1, -0.05) is 38.1 Å². The van der Waals surface area contributed by atoms with Crippen LogP contribution in [-0.2, 0) is 18.5 Å². The third-order valence-electron chi connectivity index (χ3n) is 7.70. The Bertz CT molecular complexity index is 1600. The van der Waals surface area contributed by atoms with Crippen LogP contribution in [-0.4, -0.2) is 51.4 Å². The van der Waals surface area contributed by atoms with Crippen LogP contribution in [0.25, 0.3) is 16.7 Å². The van der Waals surface area contributed by atoms with Crippen molar-refractivity contribution in [2.75, 3.05) is 37.4 Å². The van der Waals surface area contributed by atoms with Gasteiger partial charge in [0.15, 0.2) is 5.65 Å². The molecule has 2 aromatic heterocycles. The SMILES string of the molecule is CN1Cc2cc(Nc3ncc4c(=O)n5n(c4n3)-c3cccc(c3)N(C)CCC/C=C\C5)ccc2C(C)(C)C1. The molecule has 196 valence electrons. The number of nitrogens with zero attached hydrogens (tertiary/aromatic N) is 6. The fraction of sp³-hybridized carbons (Fsp3) is 0.367. The van der Waals surface area contributed by atoms with Crippen molar-refractivity contribution in [1.82, 2.24) is 24.2 Å². The highest BCUT2D eigenvalue weighted by Crippen LogP contribution is 2.34. The van der Waals surface area contributed by atoms with Crippen LogP contribution in [0.1, 0.15) is 37.8 Å². The van der Waals surface area contributed by atoms with Crippen molar-refractivity contribution in [3.63, 3.8) is 0 Å². The first-order valence-electron chi connectivity index (χ1n) is 13.3. The molecule has 4 aromatic rings. The number of nitrogens with one attached hydrogen (secondary N) is 1. The lowest BCUT2D eigenvalue weighted by molar-refractivity contribution is 0.236. The van der Waals surface area contributed by atoms with E-state index in [0.717, 1.165) is 49.5 Å². The van der Waals surface area contributed by atoms with Gasteiger partial charge in [-0.05, 0) is 61.3 Å². The van der Waals surface area contributed by atoms with E-state index in [2.05, 4.69) is 90.5 Å². The van der Waals surface area contributed by atoms with E-state index in [1.807, 2.05) is 16.8 Å². The summed E-state index contributed by atoms with van der Waals surface area (Å²) < 4.78 is 3.68. The maximum atomic E-state index is 13.5. The molecule has 0 spiro atoms. The minimum atomic E-state index is -0.0916. The van der Waals surface area contributed by atoms with Crippen molar-refractivity contribution >= 4 is 28.4 Å². The van der Waals surface area contributed by atoms with Crippen molar-refractivity contribution in [2.45, 2.75) is 45.2 Å². The standard InChI is InChI=1S/C30H35N7O/c1-30(2)20-34(3)19-21-16-22(12-13-26(21)30)32-29-31-18-25-27(33-29)37-24-11-9-10-23(17-24)35(4)14-7-5-6-8-15-36(37)28(25)38/h6,8-13,16-18H,5,7,14-15,19-20H2,1-4H3,(H,31,32,33)/b8-6-. The minimum Gasteiger partial charge on any atom is -0.375 e. The van der Waals surface area contributed by atoms with Gasteiger partial charge in [0.05, 0.1) is 12.2 Å². The molecule has 2 aromatic carbocycles. The van der Waals surface area contributed by atoms with Gasteiger partial charge in [-0.3, -0.25) is 4.79 Å². The monoisotopic (exact) mass is 509 g/mol. The van der Waals surface area contributed by atoms with Crippen LogP contribution in [0.2, 0.25) is 0 Å². The first-order chi connectivity index (χ1) is 18.3. The van der Waals surface area contributed by atoms with Crippen molar-refractivity contribution in [3.8, 4) is 5.69 Å². The van der Waals surface area contributed by atoms with E-state index in [0.29, 0.717) is 23.5 Å². The van der Waals surface area contributed by atoms with Gasteiger partial charge >= 0.3 is 0 Å². The zero-order valence-corrected chi connectivity index (χ0v) is 22.6. The van der Waals surface area contributed by atoms with Crippen LogP contribution in [0.5, 0.6) is 0 Å². The highest BCUT2D eigenvalue weighted by molar-refractivity contribution is 5.77. The van der Waals surface area contributed by atoms with Crippen LogP contribution in [0, 0.1) is 0 Å². The predicted molar refractivity (Wildman–Crippen MR) is 154 cm³/mol. The Labute approximate surface area is 223 Å². The summed E-state index contributed by atoms with van der Waals surface area (Å²) in [5.74, 6) is 0.469. The summed E-state index contributed by atoms with van der Waals surface area (Å²) in [6.45, 7) is 7.98. The Morgan fingerprint density at radius 1 is 1.03 bits per heavy atom. The van der Waals surface area contributed by atoms with E-state index in [1.54, 1.807) is 10.9 Å². The smallest absolute Gasteiger partial charge is 0.278 e. The van der Waals surface area contributed by atoms with Gasteiger partial charge < -0.3 is 15.1 Å². The van der Waals surface area contributed by atoms with Gasteiger partial charge in [-0.2, -0.15) is 4.98 Å². The molecular formula is C30H35N7O. The lowest BCUT2D eigenvalue weighted by Gasteiger charge is -2.38. The number of benzene rings is 2. The molecular weight excluding hydrogens is 474 g/mol. The van der Waals surface area contributed by atoms with E-state index in [4.69, 9.17) is 4.98 Å². The summed E-state index contributed by atoms with van der Waals surface area (Å²) in [6.07, 6.45) is 7.91. The number of hydrogen-bond donors (Lipinski definition) is 1. The Balaban J connectivity index is 1.44. The predicted octanol–water partition coefficient (Wildman–Crippen LogP) is 4.84. The van der Waals surface area contributed by atoms with E-state index >= 15 is 0 Å². The van der Waals surface area contributed by atoms with Crippen LogP contribution in [0.3, 0.4) is 0 Å². The molecule has 0 fully saturated rings. The van der Waals surface area contributed by atoms with E-state index in [9.17, 15) is 4.79 Å². The Morgan fingerprint density at radius 3 is 2.74 bits per heavy atom. The summed E-state index contributed by atoms with van der Waals surface area (Å²) >= 11 is 0. The molecule has 0 amide bonds. The van der Waals surface area contributed by atoms with Crippen molar-refractivity contribution in [1.29, 1.82) is 0 Å². The molecule has 0 radical (unpaired) electrons. The summed E-state index contributed by atoms with van der Waals surface area (Å²) in [5.41, 5.74) is 6.26. The number of allylic oxidation sites excluding steroid dienone is 2. The first kappa shape index (κ1) is 24.4. The van der Waals surface area contributed by atoms with Gasteiger partial charge in [-0.25, -0.2) is 14.3 Å². The average molecular weight is 510 g/mol. The molecule has 0 saturated carbocycles. The second-order valence-corrected chi connectivity index (χ2v) is 11.2. The number of aromatic nitrogens is 4. The average Bonchev–Trinajstić information content (AvgIpc) is 3.15. The maximum absolute atomic E-state index is 13.5. The number of fused-ring (bicyclic) bond motifs is 7. The molecule has 0 aliphatic carbocycles. The van der Waals surface area contributed by atoms with E-state index in [1.165, 1.54) is 11.1 Å². The first-order valence-corrected chi connectivity index (χ1v) is 13.3. The number of rotatable bonds is 2. The second kappa shape index (κ2) is 9.44. The van der Waals surface area contributed by atoms with Crippen molar-refractivity contribution in [3.05, 3.63) is 82.3 Å². The fourth-order valence-electron chi connectivity index (χ4n) is 5.94. The molecule has 8 heteroatoms. The third-order valence-corrected chi connectivity index (χ3v) is 7.70. The van der Waals surface area contributed by atoms with Crippen LogP contribution >= 0.6 is 0 Å². The Kier molecular flexibility index (Phi) is 6.07. The van der Waals surface area contributed by atoms with E-state index in [-0.39, 0.29) is 11.0 Å². The molecule has 38 heavy (non-hydrogen) atoms. The Morgan fingerprint density at radius 2 is 1.87 bits per heavy atom. The minimum absolute atomic E-state index is 0.0916. The largest absolute Gasteiger partial charge is 0.375 e. The summed E-state index contributed by atoms with van der Waals surface area (Å²) in [4.78, 5) is 27.5. The third kappa shape index (κ3) is 4.39. The van der Waals surface area contributed by atoms with Crippen molar-refractivity contribution < 1.29 is 0 Å². The topological polar surface area (TPSA) is 71.2 Å². The highest BCUT2D eigenvalue weighted by atomic mass is 16.1. The molecule has 4 heterocycles. The van der Waals surface area contributed by atoms with Gasteiger partial charge in [0.25, 0.3) is 5.56 Å². The highest BCUT2D eigenvalue weighted by Gasteiger charge is 2.30. The van der Waals surface area contributed by atoms with E-state index < -0.39 is 0 Å².